The lowest BCUT2D eigenvalue weighted by atomic mass is 9.94. The molecule has 0 aliphatic carbocycles. The van der Waals surface area contributed by atoms with Gasteiger partial charge in [0.15, 0.2) is 6.10 Å². The van der Waals surface area contributed by atoms with Crippen molar-refractivity contribution in [3.63, 3.8) is 0 Å². The number of piperidine rings is 1. The minimum Gasteiger partial charge on any atom is -0.356 e. The molecule has 4 rings (SSSR count). The Balaban J connectivity index is 1.48. The van der Waals surface area contributed by atoms with Gasteiger partial charge in [0.05, 0.1) is 6.04 Å². The fourth-order valence-corrected chi connectivity index (χ4v) is 3.95. The zero-order chi connectivity index (χ0) is 18.8. The Labute approximate surface area is 161 Å². The van der Waals surface area contributed by atoms with E-state index in [1.165, 1.54) is 6.33 Å². The van der Waals surface area contributed by atoms with E-state index < -0.39 is 12.1 Å². The molecule has 9 heteroatoms. The van der Waals surface area contributed by atoms with Crippen molar-refractivity contribution in [2.24, 2.45) is 0 Å². The molecule has 2 aliphatic heterocycles. The Morgan fingerprint density at radius 1 is 1.26 bits per heavy atom. The molecular formula is C18H20ClN5O3. The largest absolute Gasteiger partial charge is 0.356 e. The highest BCUT2D eigenvalue weighted by molar-refractivity contribution is 6.31. The Hall–Kier alpha value is -2.45. The van der Waals surface area contributed by atoms with E-state index in [1.807, 2.05) is 12.1 Å². The second kappa shape index (κ2) is 7.66. The first-order valence-electron chi connectivity index (χ1n) is 8.93. The van der Waals surface area contributed by atoms with E-state index in [0.29, 0.717) is 23.7 Å². The standard InChI is InChI=1S/C18H20ClN5O3/c19-13-4-2-1-3-12(13)15-16(27-9-14(25)22-15)18(26)24-7-5-11(6-8-24)17-20-10-21-23-17/h1-4,10-11,15-16H,5-9H2,(H,22,25)(H,20,21,23)/t15-,16+/m1/s1. The molecule has 0 saturated carbocycles. The van der Waals surface area contributed by atoms with Crippen LogP contribution < -0.4 is 5.32 Å². The van der Waals surface area contributed by atoms with Gasteiger partial charge >= 0.3 is 0 Å². The van der Waals surface area contributed by atoms with Gasteiger partial charge in [0, 0.05) is 24.0 Å². The lowest BCUT2D eigenvalue weighted by Crippen LogP contribution is -2.54. The number of aromatic amines is 1. The van der Waals surface area contributed by atoms with Crippen LogP contribution in [0.2, 0.25) is 5.02 Å². The smallest absolute Gasteiger partial charge is 0.254 e. The highest BCUT2D eigenvalue weighted by Crippen LogP contribution is 2.31. The van der Waals surface area contributed by atoms with E-state index in [-0.39, 0.29) is 24.3 Å². The quantitative estimate of drug-likeness (QED) is 0.826. The van der Waals surface area contributed by atoms with Crippen LogP contribution in [0.4, 0.5) is 0 Å². The number of rotatable bonds is 3. The number of carbonyl (C=O) groups excluding carboxylic acids is 2. The average Bonchev–Trinajstić information content (AvgIpc) is 3.23. The van der Waals surface area contributed by atoms with Crippen LogP contribution in [0.3, 0.4) is 0 Å². The van der Waals surface area contributed by atoms with E-state index in [9.17, 15) is 9.59 Å². The third-order valence-electron chi connectivity index (χ3n) is 5.12. The number of nitrogens with zero attached hydrogens (tertiary/aromatic N) is 3. The minimum atomic E-state index is -0.788. The molecule has 2 atom stereocenters. The van der Waals surface area contributed by atoms with Crippen LogP contribution in [0.5, 0.6) is 0 Å². The maximum atomic E-state index is 13.1. The molecule has 2 aliphatic rings. The van der Waals surface area contributed by atoms with E-state index in [0.717, 1.165) is 18.7 Å². The van der Waals surface area contributed by atoms with Crippen molar-refractivity contribution in [3.8, 4) is 0 Å². The number of nitrogens with one attached hydrogen (secondary N) is 2. The third kappa shape index (κ3) is 3.68. The summed E-state index contributed by atoms with van der Waals surface area (Å²) >= 11 is 6.29. The maximum absolute atomic E-state index is 13.1. The van der Waals surface area contributed by atoms with E-state index in [2.05, 4.69) is 20.5 Å². The first-order chi connectivity index (χ1) is 13.1. The van der Waals surface area contributed by atoms with Crippen molar-refractivity contribution in [1.82, 2.24) is 25.4 Å². The Bertz CT molecular complexity index is 820. The number of likely N-dealkylation sites (tertiary alicyclic amines) is 1. The summed E-state index contributed by atoms with van der Waals surface area (Å²) in [6.07, 6.45) is 2.32. The van der Waals surface area contributed by atoms with Gasteiger partial charge in [0.1, 0.15) is 18.8 Å². The van der Waals surface area contributed by atoms with Crippen LogP contribution in [-0.2, 0) is 14.3 Å². The molecule has 0 unspecified atom stereocenters. The van der Waals surface area contributed by atoms with Gasteiger partial charge in [0.25, 0.3) is 5.91 Å². The molecule has 1 aromatic carbocycles. The number of halogens is 1. The van der Waals surface area contributed by atoms with Gasteiger partial charge in [-0.3, -0.25) is 14.7 Å². The molecule has 2 saturated heterocycles. The molecule has 2 N–H and O–H groups in total. The molecule has 2 fully saturated rings. The number of ether oxygens (including phenoxy) is 1. The highest BCUT2D eigenvalue weighted by atomic mass is 35.5. The topological polar surface area (TPSA) is 100 Å². The number of aromatic nitrogens is 3. The fourth-order valence-electron chi connectivity index (χ4n) is 3.70. The number of morpholine rings is 1. The number of hydrogen-bond acceptors (Lipinski definition) is 5. The zero-order valence-corrected chi connectivity index (χ0v) is 15.4. The van der Waals surface area contributed by atoms with Crippen LogP contribution in [0, 0.1) is 0 Å². The van der Waals surface area contributed by atoms with Crippen molar-refractivity contribution in [2.75, 3.05) is 19.7 Å². The molecule has 0 spiro atoms. The summed E-state index contributed by atoms with van der Waals surface area (Å²) in [5.74, 6) is 0.740. The maximum Gasteiger partial charge on any atom is 0.254 e. The van der Waals surface area contributed by atoms with Gasteiger partial charge < -0.3 is 15.0 Å². The summed E-state index contributed by atoms with van der Waals surface area (Å²) < 4.78 is 5.64. The Kier molecular flexibility index (Phi) is 5.09. The number of hydrogen-bond donors (Lipinski definition) is 2. The highest BCUT2D eigenvalue weighted by Gasteiger charge is 2.40. The molecular weight excluding hydrogens is 370 g/mol. The van der Waals surface area contributed by atoms with Crippen LogP contribution in [0.25, 0.3) is 0 Å². The number of benzene rings is 1. The van der Waals surface area contributed by atoms with Crippen LogP contribution in [-0.4, -0.2) is 57.7 Å². The molecule has 27 heavy (non-hydrogen) atoms. The van der Waals surface area contributed by atoms with Gasteiger partial charge in [-0.2, -0.15) is 5.10 Å². The molecule has 0 radical (unpaired) electrons. The minimum absolute atomic E-state index is 0.129. The van der Waals surface area contributed by atoms with Crippen molar-refractivity contribution < 1.29 is 14.3 Å². The fraction of sp³-hybridized carbons (Fsp3) is 0.444. The summed E-state index contributed by atoms with van der Waals surface area (Å²) in [6.45, 7) is 1.08. The summed E-state index contributed by atoms with van der Waals surface area (Å²) in [6, 6.07) is 6.58. The predicted molar refractivity (Wildman–Crippen MR) is 97.0 cm³/mol. The lowest BCUT2D eigenvalue weighted by molar-refractivity contribution is -0.156. The van der Waals surface area contributed by atoms with Gasteiger partial charge in [-0.25, -0.2) is 4.98 Å². The van der Waals surface area contributed by atoms with Gasteiger partial charge in [-0.15, -0.1) is 0 Å². The second-order valence-corrected chi connectivity index (χ2v) is 7.18. The zero-order valence-electron chi connectivity index (χ0n) is 14.6. The summed E-state index contributed by atoms with van der Waals surface area (Å²) in [7, 11) is 0. The summed E-state index contributed by atoms with van der Waals surface area (Å²) in [4.78, 5) is 31.0. The van der Waals surface area contributed by atoms with Gasteiger partial charge in [-0.1, -0.05) is 29.8 Å². The van der Waals surface area contributed by atoms with Crippen LogP contribution >= 0.6 is 11.6 Å². The average molecular weight is 390 g/mol. The Morgan fingerprint density at radius 3 is 2.74 bits per heavy atom. The first kappa shape index (κ1) is 17.9. The Morgan fingerprint density at radius 2 is 2.04 bits per heavy atom. The van der Waals surface area contributed by atoms with Crippen molar-refractivity contribution in [3.05, 3.63) is 47.0 Å². The van der Waals surface area contributed by atoms with Crippen molar-refractivity contribution >= 4 is 23.4 Å². The molecule has 2 aromatic rings. The van der Waals surface area contributed by atoms with E-state index in [1.54, 1.807) is 17.0 Å². The molecule has 8 nitrogen and oxygen atoms in total. The second-order valence-electron chi connectivity index (χ2n) is 6.77. The third-order valence-corrected chi connectivity index (χ3v) is 5.47. The molecule has 2 amide bonds. The van der Waals surface area contributed by atoms with Gasteiger partial charge in [0.2, 0.25) is 5.91 Å². The normalized spacial score (nSPS) is 23.9. The van der Waals surface area contributed by atoms with E-state index >= 15 is 0 Å². The SMILES string of the molecule is O=C1CO[C@H](C(=O)N2CCC(c3ncn[nH]3)CC2)[C@@H](c2ccccc2Cl)N1. The predicted octanol–water partition coefficient (Wildman–Crippen LogP) is 1.42. The van der Waals surface area contributed by atoms with Crippen molar-refractivity contribution in [1.29, 1.82) is 0 Å². The monoisotopic (exact) mass is 389 g/mol. The summed E-state index contributed by atoms with van der Waals surface area (Å²) in [5.41, 5.74) is 0.683. The van der Waals surface area contributed by atoms with Crippen LogP contribution in [0.15, 0.2) is 30.6 Å². The van der Waals surface area contributed by atoms with Crippen LogP contribution in [0.1, 0.15) is 36.2 Å². The number of carbonyl (C=O) groups is 2. The first-order valence-corrected chi connectivity index (χ1v) is 9.30. The van der Waals surface area contributed by atoms with E-state index in [4.69, 9.17) is 16.3 Å². The molecule has 3 heterocycles. The molecule has 142 valence electrons. The number of H-pyrrole nitrogens is 1. The number of amides is 2. The van der Waals surface area contributed by atoms with Gasteiger partial charge in [-0.05, 0) is 24.5 Å². The lowest BCUT2D eigenvalue weighted by Gasteiger charge is -2.38. The molecule has 0 bridgehead atoms. The van der Waals surface area contributed by atoms with Crippen molar-refractivity contribution in [2.45, 2.75) is 30.9 Å². The summed E-state index contributed by atoms with van der Waals surface area (Å²) in [5, 5.41) is 10.1. The molecule has 1 aromatic heterocycles.